The molecule has 4 heteroatoms. The highest BCUT2D eigenvalue weighted by molar-refractivity contribution is 4.99. The van der Waals surface area contributed by atoms with Crippen LogP contribution in [0.25, 0.3) is 0 Å². The maximum absolute atomic E-state index is 8.88. The van der Waals surface area contributed by atoms with Crippen molar-refractivity contribution in [2.24, 2.45) is 5.41 Å². The fourth-order valence-electron chi connectivity index (χ4n) is 2.08. The van der Waals surface area contributed by atoms with Crippen molar-refractivity contribution in [3.63, 3.8) is 0 Å². The van der Waals surface area contributed by atoms with Gasteiger partial charge >= 0.3 is 0 Å². The van der Waals surface area contributed by atoms with E-state index in [1.54, 1.807) is 0 Å². The Balaban J connectivity index is 2.34. The fourth-order valence-corrected chi connectivity index (χ4v) is 2.08. The number of nitrogens with zero attached hydrogens (tertiary/aromatic N) is 2. The molecule has 1 aromatic rings. The predicted molar refractivity (Wildman–Crippen MR) is 79.0 cm³/mol. The summed E-state index contributed by atoms with van der Waals surface area (Å²) in [5.41, 5.74) is 1.32. The molecule has 0 saturated carbocycles. The second-order valence-electron chi connectivity index (χ2n) is 6.14. The van der Waals surface area contributed by atoms with Crippen LogP contribution in [-0.2, 0) is 6.54 Å². The molecular formula is C15H29N3O. The summed E-state index contributed by atoms with van der Waals surface area (Å²) in [4.78, 5) is 0. The fraction of sp³-hybridized carbons (Fsp3) is 0.800. The molecule has 1 aromatic heterocycles. The van der Waals surface area contributed by atoms with Gasteiger partial charge in [0.25, 0.3) is 0 Å². The maximum Gasteiger partial charge on any atom is 0.0762 e. The number of aliphatic hydroxyl groups excluding tert-OH is 1. The molecule has 0 aliphatic heterocycles. The van der Waals surface area contributed by atoms with Gasteiger partial charge in [0.2, 0.25) is 0 Å². The molecule has 0 fully saturated rings. The van der Waals surface area contributed by atoms with Gasteiger partial charge in [0, 0.05) is 31.9 Å². The summed E-state index contributed by atoms with van der Waals surface area (Å²) in [6.45, 7) is 10.9. The molecule has 1 heterocycles. The minimum Gasteiger partial charge on any atom is -0.396 e. The second kappa shape index (κ2) is 7.65. The SMILES string of the molecule is CCC(C)n1ccc(CNCC(C)(C)CCCO)n1. The largest absolute Gasteiger partial charge is 0.396 e. The normalized spacial score (nSPS) is 13.7. The standard InChI is InChI=1S/C15H29N3O/c1-5-13(2)18-9-7-14(17-18)11-16-12-15(3,4)8-6-10-19/h7,9,13,16,19H,5-6,8,10-12H2,1-4H3. The lowest BCUT2D eigenvalue weighted by Crippen LogP contribution is -2.29. The monoisotopic (exact) mass is 267 g/mol. The van der Waals surface area contributed by atoms with Crippen molar-refractivity contribution >= 4 is 0 Å². The molecule has 0 aromatic carbocycles. The summed E-state index contributed by atoms with van der Waals surface area (Å²) >= 11 is 0. The molecule has 4 nitrogen and oxygen atoms in total. The minimum absolute atomic E-state index is 0.224. The quantitative estimate of drug-likeness (QED) is 0.723. The Morgan fingerprint density at radius 3 is 2.84 bits per heavy atom. The van der Waals surface area contributed by atoms with Crippen LogP contribution >= 0.6 is 0 Å². The number of rotatable bonds is 9. The highest BCUT2D eigenvalue weighted by Crippen LogP contribution is 2.20. The van der Waals surface area contributed by atoms with Crippen molar-refractivity contribution < 1.29 is 5.11 Å². The van der Waals surface area contributed by atoms with Crippen LogP contribution in [0, 0.1) is 5.41 Å². The molecule has 0 spiro atoms. The van der Waals surface area contributed by atoms with E-state index in [4.69, 9.17) is 5.11 Å². The molecule has 19 heavy (non-hydrogen) atoms. The van der Waals surface area contributed by atoms with E-state index < -0.39 is 0 Å². The van der Waals surface area contributed by atoms with Crippen LogP contribution in [0.3, 0.4) is 0 Å². The van der Waals surface area contributed by atoms with Crippen molar-refractivity contribution in [1.29, 1.82) is 0 Å². The Hall–Kier alpha value is -0.870. The van der Waals surface area contributed by atoms with Crippen molar-refractivity contribution in [2.75, 3.05) is 13.2 Å². The molecule has 0 amide bonds. The molecular weight excluding hydrogens is 238 g/mol. The van der Waals surface area contributed by atoms with Gasteiger partial charge in [-0.15, -0.1) is 0 Å². The maximum atomic E-state index is 8.88. The molecule has 1 rings (SSSR count). The topological polar surface area (TPSA) is 50.1 Å². The van der Waals surface area contributed by atoms with Gasteiger partial charge < -0.3 is 10.4 Å². The lowest BCUT2D eigenvalue weighted by Gasteiger charge is -2.24. The first-order valence-electron chi connectivity index (χ1n) is 7.34. The van der Waals surface area contributed by atoms with E-state index >= 15 is 0 Å². The summed E-state index contributed by atoms with van der Waals surface area (Å²) < 4.78 is 2.04. The van der Waals surface area contributed by atoms with E-state index in [-0.39, 0.29) is 12.0 Å². The number of nitrogens with one attached hydrogen (secondary N) is 1. The molecule has 0 radical (unpaired) electrons. The number of hydrogen-bond acceptors (Lipinski definition) is 3. The Labute approximate surface area is 117 Å². The van der Waals surface area contributed by atoms with Gasteiger partial charge in [0.1, 0.15) is 0 Å². The van der Waals surface area contributed by atoms with Crippen LogP contribution in [0.1, 0.15) is 58.7 Å². The molecule has 0 aliphatic carbocycles. The summed E-state index contributed by atoms with van der Waals surface area (Å²) in [7, 11) is 0. The number of hydrogen-bond donors (Lipinski definition) is 2. The van der Waals surface area contributed by atoms with E-state index in [2.05, 4.69) is 50.4 Å². The number of aromatic nitrogens is 2. The molecule has 1 atom stereocenters. The van der Waals surface area contributed by atoms with Crippen molar-refractivity contribution in [2.45, 2.75) is 59.5 Å². The first-order valence-corrected chi connectivity index (χ1v) is 7.34. The smallest absolute Gasteiger partial charge is 0.0762 e. The minimum atomic E-state index is 0.224. The third-order valence-electron chi connectivity index (χ3n) is 3.63. The van der Waals surface area contributed by atoms with Gasteiger partial charge in [-0.1, -0.05) is 20.8 Å². The summed E-state index contributed by atoms with van der Waals surface area (Å²) in [6, 6.07) is 2.55. The van der Waals surface area contributed by atoms with Gasteiger partial charge in [-0.05, 0) is 37.7 Å². The van der Waals surface area contributed by atoms with Crippen LogP contribution < -0.4 is 5.32 Å². The van der Waals surface area contributed by atoms with E-state index in [9.17, 15) is 0 Å². The highest BCUT2D eigenvalue weighted by atomic mass is 16.2. The van der Waals surface area contributed by atoms with Gasteiger partial charge in [-0.2, -0.15) is 5.10 Å². The first kappa shape index (κ1) is 16.2. The van der Waals surface area contributed by atoms with E-state index in [0.717, 1.165) is 38.0 Å². The van der Waals surface area contributed by atoms with Crippen molar-refractivity contribution in [3.05, 3.63) is 18.0 Å². The van der Waals surface area contributed by atoms with Crippen LogP contribution in [0.2, 0.25) is 0 Å². The zero-order valence-corrected chi connectivity index (χ0v) is 12.8. The van der Waals surface area contributed by atoms with E-state index in [1.807, 2.05) is 4.68 Å². The zero-order chi connectivity index (χ0) is 14.3. The average Bonchev–Trinajstić information content (AvgIpc) is 2.84. The molecule has 2 N–H and O–H groups in total. The molecule has 0 bridgehead atoms. The molecule has 0 aliphatic rings. The zero-order valence-electron chi connectivity index (χ0n) is 12.8. The Bertz CT molecular complexity index is 360. The highest BCUT2D eigenvalue weighted by Gasteiger charge is 2.16. The summed E-state index contributed by atoms with van der Waals surface area (Å²) in [6.07, 6.45) is 5.07. The van der Waals surface area contributed by atoms with Crippen molar-refractivity contribution in [1.82, 2.24) is 15.1 Å². The van der Waals surface area contributed by atoms with Crippen molar-refractivity contribution in [3.8, 4) is 0 Å². The van der Waals surface area contributed by atoms with Crippen LogP contribution in [0.4, 0.5) is 0 Å². The Morgan fingerprint density at radius 2 is 2.21 bits per heavy atom. The third kappa shape index (κ3) is 5.74. The van der Waals surface area contributed by atoms with Crippen LogP contribution in [0.5, 0.6) is 0 Å². The van der Waals surface area contributed by atoms with E-state index in [0.29, 0.717) is 6.04 Å². The lowest BCUT2D eigenvalue weighted by atomic mass is 9.88. The second-order valence-corrected chi connectivity index (χ2v) is 6.14. The predicted octanol–water partition coefficient (Wildman–Crippen LogP) is 2.74. The first-order chi connectivity index (χ1) is 8.98. The average molecular weight is 267 g/mol. The molecule has 1 unspecified atom stereocenters. The van der Waals surface area contributed by atoms with Gasteiger partial charge in [-0.3, -0.25) is 4.68 Å². The molecule has 0 saturated heterocycles. The van der Waals surface area contributed by atoms with Gasteiger partial charge in [0.15, 0.2) is 0 Å². The van der Waals surface area contributed by atoms with E-state index in [1.165, 1.54) is 0 Å². The van der Waals surface area contributed by atoms with Gasteiger partial charge in [-0.25, -0.2) is 0 Å². The van der Waals surface area contributed by atoms with Gasteiger partial charge in [0.05, 0.1) is 5.69 Å². The van der Waals surface area contributed by atoms with Crippen LogP contribution in [0.15, 0.2) is 12.3 Å². The summed E-state index contributed by atoms with van der Waals surface area (Å²) in [5.74, 6) is 0. The third-order valence-corrected chi connectivity index (χ3v) is 3.63. The Morgan fingerprint density at radius 1 is 1.47 bits per heavy atom. The Kier molecular flexibility index (Phi) is 6.52. The van der Waals surface area contributed by atoms with Crippen LogP contribution in [-0.4, -0.2) is 28.0 Å². The molecule has 110 valence electrons. The lowest BCUT2D eigenvalue weighted by molar-refractivity contribution is 0.236. The number of aliphatic hydroxyl groups is 1. The summed E-state index contributed by atoms with van der Waals surface area (Å²) in [5, 5.41) is 16.9.